The van der Waals surface area contributed by atoms with Gasteiger partial charge < -0.3 is 4.90 Å². The van der Waals surface area contributed by atoms with Gasteiger partial charge in [-0.15, -0.1) is 0 Å². The van der Waals surface area contributed by atoms with Crippen molar-refractivity contribution in [2.45, 2.75) is 37.6 Å². The quantitative estimate of drug-likeness (QED) is 0.578. The SMILES string of the molecule is CC(C)(C)c1ccc(S(=O)(=O)N2CCN(C(=O)c3ccc(Cn4cccn4)cc3)CC2)cc1. The van der Waals surface area contributed by atoms with Crippen molar-refractivity contribution >= 4 is 15.9 Å². The monoisotopic (exact) mass is 466 g/mol. The Morgan fingerprint density at radius 1 is 0.939 bits per heavy atom. The number of sulfonamides is 1. The Kier molecular flexibility index (Phi) is 6.41. The van der Waals surface area contributed by atoms with E-state index in [1.807, 2.05) is 53.3 Å². The number of carbonyl (C=O) groups excluding carboxylic acids is 1. The van der Waals surface area contributed by atoms with Gasteiger partial charge in [-0.1, -0.05) is 45.0 Å². The molecule has 4 rings (SSSR count). The first-order valence-electron chi connectivity index (χ1n) is 11.1. The number of carbonyl (C=O) groups is 1. The highest BCUT2D eigenvalue weighted by Gasteiger charge is 2.30. The van der Waals surface area contributed by atoms with Crippen LogP contribution in [0, 0.1) is 0 Å². The number of amides is 1. The second-order valence-electron chi connectivity index (χ2n) is 9.37. The van der Waals surface area contributed by atoms with E-state index in [4.69, 9.17) is 0 Å². The van der Waals surface area contributed by atoms with Crippen LogP contribution in [0.5, 0.6) is 0 Å². The Morgan fingerprint density at radius 2 is 1.58 bits per heavy atom. The summed E-state index contributed by atoms with van der Waals surface area (Å²) in [6.45, 7) is 8.24. The van der Waals surface area contributed by atoms with Crippen molar-refractivity contribution in [3.63, 3.8) is 0 Å². The predicted octanol–water partition coefficient (Wildman–Crippen LogP) is 3.38. The maximum Gasteiger partial charge on any atom is 0.253 e. The lowest BCUT2D eigenvalue weighted by Gasteiger charge is -2.34. The van der Waals surface area contributed by atoms with Crippen molar-refractivity contribution in [2.75, 3.05) is 26.2 Å². The molecule has 1 aliphatic heterocycles. The summed E-state index contributed by atoms with van der Waals surface area (Å²) in [5, 5.41) is 4.19. The van der Waals surface area contributed by atoms with Crippen LogP contribution in [0.15, 0.2) is 71.9 Å². The molecule has 0 bridgehead atoms. The Balaban J connectivity index is 1.37. The third-order valence-corrected chi connectivity index (χ3v) is 7.90. The number of piperazine rings is 1. The molecule has 2 heterocycles. The highest BCUT2D eigenvalue weighted by molar-refractivity contribution is 7.89. The van der Waals surface area contributed by atoms with Gasteiger partial charge in [-0.25, -0.2) is 8.42 Å². The number of hydrogen-bond acceptors (Lipinski definition) is 4. The Bertz CT molecular complexity index is 1190. The summed E-state index contributed by atoms with van der Waals surface area (Å²) in [6.07, 6.45) is 3.63. The molecule has 0 atom stereocenters. The molecule has 8 heteroatoms. The summed E-state index contributed by atoms with van der Waals surface area (Å²) in [4.78, 5) is 14.9. The third kappa shape index (κ3) is 5.17. The number of nitrogens with zero attached hydrogens (tertiary/aromatic N) is 4. The highest BCUT2D eigenvalue weighted by Crippen LogP contribution is 2.25. The smallest absolute Gasteiger partial charge is 0.253 e. The first kappa shape index (κ1) is 23.2. The molecule has 1 amide bonds. The molecule has 0 unspecified atom stereocenters. The van der Waals surface area contributed by atoms with E-state index in [-0.39, 0.29) is 24.4 Å². The van der Waals surface area contributed by atoms with Crippen LogP contribution in [-0.4, -0.2) is 59.5 Å². The van der Waals surface area contributed by atoms with Gasteiger partial charge in [-0.05, 0) is 46.9 Å². The van der Waals surface area contributed by atoms with Gasteiger partial charge in [0.2, 0.25) is 10.0 Å². The average molecular weight is 467 g/mol. The van der Waals surface area contributed by atoms with Gasteiger partial charge in [-0.3, -0.25) is 9.48 Å². The minimum Gasteiger partial charge on any atom is -0.336 e. The minimum absolute atomic E-state index is 0.0361. The number of hydrogen-bond donors (Lipinski definition) is 0. The molecule has 3 aromatic rings. The fourth-order valence-electron chi connectivity index (χ4n) is 3.92. The van der Waals surface area contributed by atoms with Gasteiger partial charge in [0.05, 0.1) is 11.4 Å². The molecular formula is C25H30N4O3S. The molecule has 33 heavy (non-hydrogen) atoms. The second kappa shape index (κ2) is 9.11. The highest BCUT2D eigenvalue weighted by atomic mass is 32.2. The Hall–Kier alpha value is -2.97. The van der Waals surface area contributed by atoms with Crippen LogP contribution in [0.25, 0.3) is 0 Å². The molecule has 1 aromatic heterocycles. The van der Waals surface area contributed by atoms with Gasteiger partial charge in [0.15, 0.2) is 0 Å². The molecular weight excluding hydrogens is 436 g/mol. The van der Waals surface area contributed by atoms with Crippen LogP contribution >= 0.6 is 0 Å². The summed E-state index contributed by atoms with van der Waals surface area (Å²) in [7, 11) is -3.58. The third-order valence-electron chi connectivity index (χ3n) is 5.99. The minimum atomic E-state index is -3.58. The van der Waals surface area contributed by atoms with Crippen LogP contribution in [0.3, 0.4) is 0 Å². The van der Waals surface area contributed by atoms with Gasteiger partial charge in [0.25, 0.3) is 5.91 Å². The fourth-order valence-corrected chi connectivity index (χ4v) is 5.35. The molecule has 7 nitrogen and oxygen atoms in total. The summed E-state index contributed by atoms with van der Waals surface area (Å²) in [5.74, 6) is -0.0767. The predicted molar refractivity (Wildman–Crippen MR) is 128 cm³/mol. The number of rotatable bonds is 5. The second-order valence-corrected chi connectivity index (χ2v) is 11.3. The van der Waals surface area contributed by atoms with Crippen molar-refractivity contribution in [1.29, 1.82) is 0 Å². The first-order valence-corrected chi connectivity index (χ1v) is 12.5. The van der Waals surface area contributed by atoms with Gasteiger partial charge in [0.1, 0.15) is 0 Å². The van der Waals surface area contributed by atoms with E-state index in [9.17, 15) is 13.2 Å². The van der Waals surface area contributed by atoms with E-state index in [0.29, 0.717) is 30.1 Å². The maximum absolute atomic E-state index is 13.1. The van der Waals surface area contributed by atoms with Crippen molar-refractivity contribution in [1.82, 2.24) is 19.0 Å². The van der Waals surface area contributed by atoms with Crippen molar-refractivity contribution in [3.8, 4) is 0 Å². The van der Waals surface area contributed by atoms with Crippen LogP contribution in [0.4, 0.5) is 0 Å². The molecule has 0 spiro atoms. The zero-order valence-electron chi connectivity index (χ0n) is 19.3. The molecule has 0 aliphatic carbocycles. The van der Waals surface area contributed by atoms with Crippen LogP contribution in [-0.2, 0) is 22.0 Å². The molecule has 0 radical (unpaired) electrons. The van der Waals surface area contributed by atoms with E-state index in [0.717, 1.165) is 11.1 Å². The zero-order chi connectivity index (χ0) is 23.6. The lowest BCUT2D eigenvalue weighted by molar-refractivity contribution is 0.0698. The molecule has 0 N–H and O–H groups in total. The molecule has 174 valence electrons. The van der Waals surface area contributed by atoms with E-state index in [1.165, 1.54) is 4.31 Å². The van der Waals surface area contributed by atoms with E-state index in [2.05, 4.69) is 25.9 Å². The van der Waals surface area contributed by atoms with Crippen LogP contribution in [0.2, 0.25) is 0 Å². The summed E-state index contributed by atoms with van der Waals surface area (Å²) in [6, 6.07) is 16.5. The summed E-state index contributed by atoms with van der Waals surface area (Å²) < 4.78 is 29.5. The van der Waals surface area contributed by atoms with Crippen molar-refractivity contribution in [3.05, 3.63) is 83.7 Å². The van der Waals surface area contributed by atoms with Gasteiger partial charge in [0, 0.05) is 44.1 Å². The standard InChI is InChI=1S/C25H30N4O3S/c1-25(2,3)22-9-11-23(12-10-22)33(31,32)29-17-15-27(16-18-29)24(30)21-7-5-20(6-8-21)19-28-14-4-13-26-28/h4-14H,15-19H2,1-3H3. The molecule has 1 fully saturated rings. The Labute approximate surface area is 195 Å². The van der Waals surface area contributed by atoms with E-state index >= 15 is 0 Å². The average Bonchev–Trinajstić information content (AvgIpc) is 3.32. The normalized spacial score (nSPS) is 15.5. The number of aromatic nitrogens is 2. The molecule has 0 saturated carbocycles. The topological polar surface area (TPSA) is 75.5 Å². The number of benzene rings is 2. The van der Waals surface area contributed by atoms with Crippen LogP contribution in [0.1, 0.15) is 42.3 Å². The van der Waals surface area contributed by atoms with Gasteiger partial charge >= 0.3 is 0 Å². The molecule has 2 aromatic carbocycles. The Morgan fingerprint density at radius 3 is 2.12 bits per heavy atom. The van der Waals surface area contributed by atoms with E-state index < -0.39 is 10.0 Å². The lowest BCUT2D eigenvalue weighted by atomic mass is 9.87. The van der Waals surface area contributed by atoms with Crippen molar-refractivity contribution < 1.29 is 13.2 Å². The largest absolute Gasteiger partial charge is 0.336 e. The summed E-state index contributed by atoms with van der Waals surface area (Å²) in [5.41, 5.74) is 2.72. The lowest BCUT2D eigenvalue weighted by Crippen LogP contribution is -2.50. The zero-order valence-corrected chi connectivity index (χ0v) is 20.1. The van der Waals surface area contributed by atoms with E-state index in [1.54, 1.807) is 23.2 Å². The fraction of sp³-hybridized carbons (Fsp3) is 0.360. The molecule has 1 aliphatic rings. The maximum atomic E-state index is 13.1. The van der Waals surface area contributed by atoms with Crippen LogP contribution < -0.4 is 0 Å². The first-order chi connectivity index (χ1) is 15.6. The van der Waals surface area contributed by atoms with Gasteiger partial charge in [-0.2, -0.15) is 9.40 Å². The van der Waals surface area contributed by atoms with Crippen molar-refractivity contribution in [2.24, 2.45) is 0 Å². The summed E-state index contributed by atoms with van der Waals surface area (Å²) >= 11 is 0. The molecule has 1 saturated heterocycles.